The second-order valence-electron chi connectivity index (χ2n) is 6.22. The van der Waals surface area contributed by atoms with Crippen molar-refractivity contribution in [2.45, 2.75) is 31.2 Å². The van der Waals surface area contributed by atoms with Gasteiger partial charge in [0, 0.05) is 30.9 Å². The van der Waals surface area contributed by atoms with Crippen LogP contribution in [-0.2, 0) is 0 Å². The minimum Gasteiger partial charge on any atom is -0.322 e. The van der Waals surface area contributed by atoms with Crippen LogP contribution in [0.1, 0.15) is 36.9 Å². The minimum atomic E-state index is -0.318. The van der Waals surface area contributed by atoms with Gasteiger partial charge in [0.15, 0.2) is 0 Å². The minimum absolute atomic E-state index is 0.165. The smallest absolute Gasteiger partial charge is 0.321 e. The van der Waals surface area contributed by atoms with Crippen LogP contribution in [0, 0.1) is 5.82 Å². The molecular weight excluding hydrogens is 297 g/mol. The van der Waals surface area contributed by atoms with Gasteiger partial charge in [-0.05, 0) is 43.5 Å². The molecule has 1 unspecified atom stereocenters. The van der Waals surface area contributed by atoms with E-state index in [0.29, 0.717) is 24.7 Å². The molecule has 1 N–H and O–H groups in total. The molecular formula is C16H18FN5O. The number of amides is 2. The summed E-state index contributed by atoms with van der Waals surface area (Å²) in [6.45, 7) is 1.29. The maximum absolute atomic E-state index is 12.9. The molecule has 23 heavy (non-hydrogen) atoms. The van der Waals surface area contributed by atoms with Crippen molar-refractivity contribution in [3.05, 3.63) is 42.0 Å². The summed E-state index contributed by atoms with van der Waals surface area (Å²) < 4.78 is 14.8. The van der Waals surface area contributed by atoms with E-state index < -0.39 is 0 Å². The van der Waals surface area contributed by atoms with Crippen molar-refractivity contribution in [1.29, 1.82) is 0 Å². The Morgan fingerprint density at radius 2 is 2.00 bits per heavy atom. The van der Waals surface area contributed by atoms with Crippen molar-refractivity contribution in [1.82, 2.24) is 19.9 Å². The monoisotopic (exact) mass is 315 g/mol. The van der Waals surface area contributed by atoms with Crippen LogP contribution in [0.4, 0.5) is 14.9 Å². The molecule has 1 aliphatic carbocycles. The first-order valence-electron chi connectivity index (χ1n) is 7.92. The average molecular weight is 315 g/mol. The Hall–Kier alpha value is -2.44. The van der Waals surface area contributed by atoms with Crippen molar-refractivity contribution in [2.75, 3.05) is 18.4 Å². The molecule has 2 heterocycles. The normalized spacial score (nSPS) is 20.7. The van der Waals surface area contributed by atoms with E-state index >= 15 is 0 Å². The standard InChI is InChI=1S/C16H18FN5O/c17-12-3-5-13(6-4-12)18-16(23)21-8-7-14(9-21)22-10-15(19-20-22)11-1-2-11/h3-6,10-11,14H,1-2,7-9H2,(H,18,23). The predicted octanol–water partition coefficient (Wildman–Crippen LogP) is 2.77. The fourth-order valence-electron chi connectivity index (χ4n) is 2.91. The fourth-order valence-corrected chi connectivity index (χ4v) is 2.91. The first kappa shape index (κ1) is 14.2. The van der Waals surface area contributed by atoms with Crippen LogP contribution in [0.3, 0.4) is 0 Å². The van der Waals surface area contributed by atoms with Gasteiger partial charge >= 0.3 is 6.03 Å². The zero-order valence-electron chi connectivity index (χ0n) is 12.7. The van der Waals surface area contributed by atoms with Crippen molar-refractivity contribution in [3.63, 3.8) is 0 Å². The number of carbonyl (C=O) groups is 1. The summed E-state index contributed by atoms with van der Waals surface area (Å²) in [6.07, 6.45) is 5.29. The third kappa shape index (κ3) is 3.04. The van der Waals surface area contributed by atoms with E-state index in [0.717, 1.165) is 12.1 Å². The lowest BCUT2D eigenvalue weighted by Crippen LogP contribution is -2.33. The quantitative estimate of drug-likeness (QED) is 0.947. The van der Waals surface area contributed by atoms with Crippen LogP contribution < -0.4 is 5.32 Å². The first-order valence-corrected chi connectivity index (χ1v) is 7.92. The summed E-state index contributed by atoms with van der Waals surface area (Å²) in [5, 5.41) is 11.2. The molecule has 1 aromatic carbocycles. The highest BCUT2D eigenvalue weighted by Gasteiger charge is 2.31. The number of urea groups is 1. The molecule has 2 aliphatic rings. The van der Waals surface area contributed by atoms with E-state index in [1.807, 2.05) is 10.9 Å². The molecule has 2 aromatic rings. The first-order chi connectivity index (χ1) is 11.2. The lowest BCUT2D eigenvalue weighted by Gasteiger charge is -2.17. The van der Waals surface area contributed by atoms with Crippen molar-refractivity contribution in [3.8, 4) is 0 Å². The molecule has 1 aromatic heterocycles. The SMILES string of the molecule is O=C(Nc1ccc(F)cc1)N1CCC(n2cc(C3CC3)nn2)C1. The number of hydrogen-bond donors (Lipinski definition) is 1. The van der Waals surface area contributed by atoms with E-state index in [-0.39, 0.29) is 17.9 Å². The van der Waals surface area contributed by atoms with E-state index in [9.17, 15) is 9.18 Å². The van der Waals surface area contributed by atoms with Gasteiger partial charge in [0.2, 0.25) is 0 Å². The van der Waals surface area contributed by atoms with Gasteiger partial charge in [0.05, 0.1) is 11.7 Å². The second kappa shape index (κ2) is 5.64. The third-order valence-corrected chi connectivity index (χ3v) is 4.44. The van der Waals surface area contributed by atoms with Crippen molar-refractivity contribution >= 4 is 11.7 Å². The number of anilines is 1. The third-order valence-electron chi connectivity index (χ3n) is 4.44. The summed E-state index contributed by atoms with van der Waals surface area (Å²) in [4.78, 5) is 14.0. The number of nitrogens with zero attached hydrogens (tertiary/aromatic N) is 4. The molecule has 7 heteroatoms. The second-order valence-corrected chi connectivity index (χ2v) is 6.22. The molecule has 1 saturated carbocycles. The maximum atomic E-state index is 12.9. The summed E-state index contributed by atoms with van der Waals surface area (Å²) in [7, 11) is 0. The molecule has 0 spiro atoms. The molecule has 120 valence electrons. The fraction of sp³-hybridized carbons (Fsp3) is 0.438. The van der Waals surface area contributed by atoms with Gasteiger partial charge in [-0.15, -0.1) is 5.10 Å². The van der Waals surface area contributed by atoms with Crippen LogP contribution in [-0.4, -0.2) is 39.0 Å². The van der Waals surface area contributed by atoms with E-state index in [4.69, 9.17) is 0 Å². The topological polar surface area (TPSA) is 63.1 Å². The van der Waals surface area contributed by atoms with Gasteiger partial charge in [-0.2, -0.15) is 0 Å². The highest BCUT2D eigenvalue weighted by atomic mass is 19.1. The summed E-state index contributed by atoms with van der Waals surface area (Å²) >= 11 is 0. The van der Waals surface area contributed by atoms with Gasteiger partial charge in [-0.25, -0.2) is 13.9 Å². The van der Waals surface area contributed by atoms with Gasteiger partial charge in [-0.1, -0.05) is 5.21 Å². The Morgan fingerprint density at radius 3 is 2.74 bits per heavy atom. The van der Waals surface area contributed by atoms with Crippen LogP contribution in [0.25, 0.3) is 0 Å². The van der Waals surface area contributed by atoms with Gasteiger partial charge in [-0.3, -0.25) is 0 Å². The Labute approximate surface area is 133 Å². The van der Waals surface area contributed by atoms with Gasteiger partial charge < -0.3 is 10.2 Å². The summed E-state index contributed by atoms with van der Waals surface area (Å²) in [6, 6.07) is 5.78. The number of halogens is 1. The molecule has 1 aliphatic heterocycles. The lowest BCUT2D eigenvalue weighted by molar-refractivity contribution is 0.220. The zero-order chi connectivity index (χ0) is 15.8. The maximum Gasteiger partial charge on any atom is 0.321 e. The Balaban J connectivity index is 1.37. The number of aromatic nitrogens is 3. The molecule has 1 atom stereocenters. The highest BCUT2D eigenvalue weighted by Crippen LogP contribution is 2.39. The number of likely N-dealkylation sites (tertiary alicyclic amines) is 1. The van der Waals surface area contributed by atoms with Gasteiger partial charge in [0.1, 0.15) is 5.82 Å². The molecule has 2 amide bonds. The number of rotatable bonds is 3. The Bertz CT molecular complexity index is 710. The molecule has 0 radical (unpaired) electrons. The molecule has 0 bridgehead atoms. The summed E-state index contributed by atoms with van der Waals surface area (Å²) in [5.41, 5.74) is 1.66. The van der Waals surface area contributed by atoms with Crippen LogP contribution in [0.15, 0.2) is 30.5 Å². The van der Waals surface area contributed by atoms with Crippen LogP contribution in [0.5, 0.6) is 0 Å². The Kier molecular flexibility index (Phi) is 3.48. The van der Waals surface area contributed by atoms with Crippen LogP contribution in [0.2, 0.25) is 0 Å². The largest absolute Gasteiger partial charge is 0.322 e. The number of benzene rings is 1. The molecule has 4 rings (SSSR count). The van der Waals surface area contributed by atoms with Crippen molar-refractivity contribution < 1.29 is 9.18 Å². The molecule has 1 saturated heterocycles. The Morgan fingerprint density at radius 1 is 1.22 bits per heavy atom. The number of hydrogen-bond acceptors (Lipinski definition) is 3. The highest BCUT2D eigenvalue weighted by molar-refractivity contribution is 5.89. The molecule has 2 fully saturated rings. The molecule has 6 nitrogen and oxygen atoms in total. The summed E-state index contributed by atoms with van der Waals surface area (Å²) in [5.74, 6) is 0.268. The number of nitrogens with one attached hydrogen (secondary N) is 1. The number of carbonyl (C=O) groups excluding carboxylic acids is 1. The van der Waals surface area contributed by atoms with E-state index in [2.05, 4.69) is 15.6 Å². The lowest BCUT2D eigenvalue weighted by atomic mass is 10.2. The predicted molar refractivity (Wildman–Crippen MR) is 82.6 cm³/mol. The average Bonchev–Trinajstić information content (AvgIpc) is 3.09. The van der Waals surface area contributed by atoms with Crippen molar-refractivity contribution in [2.24, 2.45) is 0 Å². The van der Waals surface area contributed by atoms with E-state index in [1.165, 1.54) is 25.0 Å². The zero-order valence-corrected chi connectivity index (χ0v) is 12.7. The van der Waals surface area contributed by atoms with E-state index in [1.54, 1.807) is 17.0 Å². The van der Waals surface area contributed by atoms with Crippen LogP contribution >= 0.6 is 0 Å². The van der Waals surface area contributed by atoms with Gasteiger partial charge in [0.25, 0.3) is 0 Å².